The van der Waals surface area contributed by atoms with Crippen LogP contribution in [-0.4, -0.2) is 26.0 Å². The number of nitrogens with zero attached hydrogens (tertiary/aromatic N) is 5. The van der Waals surface area contributed by atoms with Gasteiger partial charge in [0.2, 0.25) is 5.95 Å². The number of pyridine rings is 1. The molecule has 1 aliphatic heterocycles. The molecule has 0 N–H and O–H groups in total. The third kappa shape index (κ3) is 5.88. The highest BCUT2D eigenvalue weighted by molar-refractivity contribution is 7.80. The maximum absolute atomic E-state index is 5.19. The molecule has 5 nitrogen and oxygen atoms in total. The summed E-state index contributed by atoms with van der Waals surface area (Å²) in [5.41, 5.74) is 11.1. The first kappa shape index (κ1) is 32.6. The van der Waals surface area contributed by atoms with E-state index in [2.05, 4.69) is 108 Å². The minimum atomic E-state index is -0.456. The Morgan fingerprint density at radius 1 is 0.509 bits per heavy atom. The van der Waals surface area contributed by atoms with Gasteiger partial charge >= 0.3 is 0 Å². The molecule has 1 atom stereocenters. The van der Waals surface area contributed by atoms with Gasteiger partial charge in [0, 0.05) is 49.7 Å². The molecule has 2 aromatic heterocycles. The van der Waals surface area contributed by atoms with E-state index >= 15 is 0 Å². The van der Waals surface area contributed by atoms with Crippen molar-refractivity contribution in [3.05, 3.63) is 198 Å². The molecule has 0 saturated carbocycles. The molecule has 6 heteroatoms. The van der Waals surface area contributed by atoms with E-state index in [1.165, 1.54) is 0 Å². The number of aromatic nitrogens is 4. The topological polar surface area (TPSA) is 54.8 Å². The van der Waals surface area contributed by atoms with Crippen LogP contribution in [0.3, 0.4) is 0 Å². The molecular weight excluding hydrogens is 691 g/mol. The van der Waals surface area contributed by atoms with Gasteiger partial charge in [0.1, 0.15) is 6.04 Å². The molecule has 0 radical (unpaired) electrons. The van der Waals surface area contributed by atoms with E-state index in [0.717, 1.165) is 76.8 Å². The summed E-state index contributed by atoms with van der Waals surface area (Å²) in [5, 5.41) is 1.81. The van der Waals surface area contributed by atoms with Crippen molar-refractivity contribution in [1.29, 1.82) is 0 Å². The molecule has 2 aliphatic rings. The molecule has 0 fully saturated rings. The van der Waals surface area contributed by atoms with Crippen molar-refractivity contribution in [3.8, 4) is 56.9 Å². The van der Waals surface area contributed by atoms with Gasteiger partial charge in [-0.2, -0.15) is 9.97 Å². The number of hydrogen-bond acceptors (Lipinski definition) is 6. The normalized spacial score (nSPS) is 14.0. The molecule has 0 amide bonds. The average molecular weight is 722 g/mol. The summed E-state index contributed by atoms with van der Waals surface area (Å²) in [4.78, 5) is 23.5. The van der Waals surface area contributed by atoms with Crippen LogP contribution >= 0.6 is 12.6 Å². The molecule has 10 rings (SSSR count). The van der Waals surface area contributed by atoms with Gasteiger partial charge in [-0.15, -0.1) is 12.6 Å². The highest BCUT2D eigenvalue weighted by Gasteiger charge is 2.38. The van der Waals surface area contributed by atoms with Crippen LogP contribution in [0, 0.1) is 11.8 Å². The lowest BCUT2D eigenvalue weighted by atomic mass is 9.96. The van der Waals surface area contributed by atoms with Crippen LogP contribution in [-0.2, 0) is 0 Å². The van der Waals surface area contributed by atoms with Crippen molar-refractivity contribution in [3.63, 3.8) is 0 Å². The fraction of sp³-hybridized carbons (Fsp3) is 0.0204. The minimum absolute atomic E-state index is 0.456. The molecule has 55 heavy (non-hydrogen) atoms. The van der Waals surface area contributed by atoms with E-state index in [1.807, 2.05) is 85.1 Å². The van der Waals surface area contributed by atoms with Crippen LogP contribution in [0.25, 0.3) is 56.2 Å². The predicted molar refractivity (Wildman–Crippen MR) is 224 cm³/mol. The Morgan fingerprint density at radius 3 is 1.65 bits per heavy atom. The first-order chi connectivity index (χ1) is 27.2. The number of benzene rings is 6. The monoisotopic (exact) mass is 721 g/mol. The summed E-state index contributed by atoms with van der Waals surface area (Å²) in [7, 11) is 0. The molecule has 0 spiro atoms. The van der Waals surface area contributed by atoms with Gasteiger partial charge in [-0.1, -0.05) is 145 Å². The minimum Gasteiger partial charge on any atom is -0.291 e. The molecule has 258 valence electrons. The number of rotatable bonds is 6. The molecule has 6 aromatic carbocycles. The van der Waals surface area contributed by atoms with Gasteiger partial charge in [-0.25, -0.2) is 4.98 Å². The molecule has 0 bridgehead atoms. The first-order valence-electron chi connectivity index (χ1n) is 18.2. The number of fused-ring (bicyclic) bond motifs is 4. The highest BCUT2D eigenvalue weighted by atomic mass is 32.1. The second-order valence-corrected chi connectivity index (χ2v) is 13.9. The van der Waals surface area contributed by atoms with Crippen LogP contribution in [0.4, 0.5) is 11.6 Å². The molecule has 3 heterocycles. The summed E-state index contributed by atoms with van der Waals surface area (Å²) in [6, 6.07) is 57.6. The van der Waals surface area contributed by atoms with Gasteiger partial charge < -0.3 is 0 Å². The van der Waals surface area contributed by atoms with Gasteiger partial charge in [0.25, 0.3) is 0 Å². The lowest BCUT2D eigenvalue weighted by Gasteiger charge is -2.23. The van der Waals surface area contributed by atoms with Crippen LogP contribution in [0.5, 0.6) is 0 Å². The SMILES string of the molecule is Sc1ccc(-c2ccccc2)cc1C1=c2cccnc2=C2c3cc(-c4ccccc4)ccc3N(c3nc(-c4ccccc4)nc(-c4ccccc4)n3)C2C#C1. The van der Waals surface area contributed by atoms with Gasteiger partial charge in [-0.05, 0) is 58.7 Å². The predicted octanol–water partition coefficient (Wildman–Crippen LogP) is 9.16. The Balaban J connectivity index is 1.25. The van der Waals surface area contributed by atoms with Gasteiger partial charge in [0.05, 0.1) is 11.0 Å². The zero-order chi connectivity index (χ0) is 36.7. The Labute approximate surface area is 324 Å². The number of anilines is 2. The van der Waals surface area contributed by atoms with Crippen molar-refractivity contribution in [2.75, 3.05) is 4.90 Å². The zero-order valence-corrected chi connectivity index (χ0v) is 30.4. The number of thiol groups is 1. The summed E-state index contributed by atoms with van der Waals surface area (Å²) in [5.74, 6) is 9.08. The lowest BCUT2D eigenvalue weighted by Crippen LogP contribution is -2.36. The Morgan fingerprint density at radius 2 is 1.05 bits per heavy atom. The van der Waals surface area contributed by atoms with E-state index in [4.69, 9.17) is 32.6 Å². The molecule has 1 unspecified atom stereocenters. The van der Waals surface area contributed by atoms with Crippen molar-refractivity contribution in [1.82, 2.24) is 19.9 Å². The van der Waals surface area contributed by atoms with Crippen LogP contribution in [0.15, 0.2) is 181 Å². The van der Waals surface area contributed by atoms with Crippen molar-refractivity contribution >= 4 is 35.4 Å². The standard InChI is InChI=1S/C49H31N5S/c55-44-28-24-37(33-16-7-2-8-17-33)30-40(44)38-25-27-43-45(46-39(38)22-13-29-50-46)41-31-36(32-14-5-1-6-15-32)23-26-42(41)54(43)49-52-47(34-18-9-3-10-19-34)51-48(53-49)35-20-11-4-12-21-35/h1-24,26,28-31,43,55H. The second kappa shape index (κ2) is 13.7. The van der Waals surface area contributed by atoms with E-state index in [9.17, 15) is 0 Å². The lowest BCUT2D eigenvalue weighted by molar-refractivity contribution is 0.925. The summed E-state index contributed by atoms with van der Waals surface area (Å²) < 4.78 is 0. The molecule has 8 aromatic rings. The molecule has 0 saturated heterocycles. The van der Waals surface area contributed by atoms with Gasteiger partial charge in [0.15, 0.2) is 11.6 Å². The second-order valence-electron chi connectivity index (χ2n) is 13.4. The third-order valence-corrected chi connectivity index (χ3v) is 10.5. The third-order valence-electron chi connectivity index (χ3n) is 10.1. The molecule has 1 aliphatic carbocycles. The van der Waals surface area contributed by atoms with Crippen LogP contribution < -0.4 is 15.5 Å². The highest BCUT2D eigenvalue weighted by Crippen LogP contribution is 2.45. The summed E-state index contributed by atoms with van der Waals surface area (Å²) >= 11 is 4.99. The van der Waals surface area contributed by atoms with Crippen molar-refractivity contribution in [2.24, 2.45) is 0 Å². The zero-order valence-electron chi connectivity index (χ0n) is 29.5. The van der Waals surface area contributed by atoms with E-state index in [0.29, 0.717) is 17.6 Å². The first-order valence-corrected chi connectivity index (χ1v) is 18.6. The Hall–Kier alpha value is -7.07. The fourth-order valence-corrected chi connectivity index (χ4v) is 7.75. The fourth-order valence-electron chi connectivity index (χ4n) is 7.50. The quantitative estimate of drug-likeness (QED) is 0.137. The van der Waals surface area contributed by atoms with E-state index in [1.54, 1.807) is 0 Å². The van der Waals surface area contributed by atoms with Crippen molar-refractivity contribution in [2.45, 2.75) is 10.9 Å². The largest absolute Gasteiger partial charge is 0.291 e. The van der Waals surface area contributed by atoms with Crippen LogP contribution in [0.2, 0.25) is 0 Å². The van der Waals surface area contributed by atoms with Crippen molar-refractivity contribution < 1.29 is 0 Å². The van der Waals surface area contributed by atoms with Crippen LogP contribution in [0.1, 0.15) is 11.1 Å². The maximum Gasteiger partial charge on any atom is 0.235 e. The van der Waals surface area contributed by atoms with Gasteiger partial charge in [-0.3, -0.25) is 9.88 Å². The maximum atomic E-state index is 5.19. The average Bonchev–Trinajstić information content (AvgIpc) is 3.48. The number of hydrogen-bond donors (Lipinski definition) is 1. The smallest absolute Gasteiger partial charge is 0.235 e. The summed E-state index contributed by atoms with van der Waals surface area (Å²) in [6.07, 6.45) is 1.86. The summed E-state index contributed by atoms with van der Waals surface area (Å²) in [6.45, 7) is 0. The Kier molecular flexibility index (Phi) is 8.13. The van der Waals surface area contributed by atoms with E-state index in [-0.39, 0.29) is 0 Å². The van der Waals surface area contributed by atoms with E-state index < -0.39 is 6.04 Å². The molecular formula is C49H31N5S. The Bertz CT molecular complexity index is 2880.